The molecule has 0 bridgehead atoms. The minimum Gasteiger partial charge on any atom is -0.268 e. The fourth-order valence-corrected chi connectivity index (χ4v) is 2.60. The third-order valence-electron chi connectivity index (χ3n) is 3.24. The van der Waals surface area contributed by atoms with Gasteiger partial charge in [-0.3, -0.25) is 4.68 Å². The Morgan fingerprint density at radius 1 is 1.05 bits per heavy atom. The molecule has 0 atom stereocenters. The molecule has 0 radical (unpaired) electrons. The first-order valence-electron chi connectivity index (χ1n) is 6.55. The second-order valence-corrected chi connectivity index (χ2v) is 6.17. The predicted octanol–water partition coefficient (Wildman–Crippen LogP) is 4.51. The zero-order valence-corrected chi connectivity index (χ0v) is 13.4. The number of halogens is 1. The maximum absolute atomic E-state index is 4.45. The molecule has 0 fully saturated rings. The highest BCUT2D eigenvalue weighted by Gasteiger charge is 2.02. The molecule has 0 amide bonds. The standard InChI is InChI=1S/C17H15IN2/c1-13-3-2-4-14(9-13)11-20-12-16(10-19-20)15-5-7-17(18)8-6-15/h2-10,12H,11H2,1H3. The van der Waals surface area contributed by atoms with Gasteiger partial charge in [-0.1, -0.05) is 42.0 Å². The van der Waals surface area contributed by atoms with Crippen molar-refractivity contribution in [3.05, 3.63) is 75.6 Å². The Morgan fingerprint density at radius 3 is 2.60 bits per heavy atom. The van der Waals surface area contributed by atoms with Crippen LogP contribution in [0.5, 0.6) is 0 Å². The van der Waals surface area contributed by atoms with Gasteiger partial charge in [0.2, 0.25) is 0 Å². The molecule has 0 aliphatic carbocycles. The third kappa shape index (κ3) is 3.10. The molecule has 0 N–H and O–H groups in total. The molecule has 2 aromatic carbocycles. The van der Waals surface area contributed by atoms with Gasteiger partial charge in [-0.25, -0.2) is 0 Å². The SMILES string of the molecule is Cc1cccc(Cn2cc(-c3ccc(I)cc3)cn2)c1. The van der Waals surface area contributed by atoms with Crippen LogP contribution >= 0.6 is 22.6 Å². The van der Waals surface area contributed by atoms with Crippen LogP contribution in [0.1, 0.15) is 11.1 Å². The summed E-state index contributed by atoms with van der Waals surface area (Å²) in [5.41, 5.74) is 4.93. The highest BCUT2D eigenvalue weighted by atomic mass is 127. The summed E-state index contributed by atoms with van der Waals surface area (Å²) in [6.07, 6.45) is 4.03. The Bertz CT molecular complexity index is 714. The molecule has 0 saturated heterocycles. The number of hydrogen-bond donors (Lipinski definition) is 0. The average molecular weight is 374 g/mol. The van der Waals surface area contributed by atoms with E-state index in [1.807, 2.05) is 10.9 Å². The monoisotopic (exact) mass is 374 g/mol. The lowest BCUT2D eigenvalue weighted by molar-refractivity contribution is 0.686. The van der Waals surface area contributed by atoms with Crippen molar-refractivity contribution in [2.45, 2.75) is 13.5 Å². The smallest absolute Gasteiger partial charge is 0.0659 e. The van der Waals surface area contributed by atoms with Crippen LogP contribution in [0.25, 0.3) is 11.1 Å². The minimum atomic E-state index is 0.812. The molecular weight excluding hydrogens is 359 g/mol. The summed E-state index contributed by atoms with van der Waals surface area (Å²) < 4.78 is 3.24. The lowest BCUT2D eigenvalue weighted by Crippen LogP contribution is -1.99. The van der Waals surface area contributed by atoms with Crippen molar-refractivity contribution in [1.29, 1.82) is 0 Å². The van der Waals surface area contributed by atoms with E-state index in [0.29, 0.717) is 0 Å². The largest absolute Gasteiger partial charge is 0.268 e. The molecule has 1 heterocycles. The number of nitrogens with zero attached hydrogens (tertiary/aromatic N) is 2. The zero-order chi connectivity index (χ0) is 13.9. The molecule has 20 heavy (non-hydrogen) atoms. The molecule has 3 rings (SSSR count). The zero-order valence-electron chi connectivity index (χ0n) is 11.3. The molecule has 0 spiro atoms. The molecule has 0 aliphatic rings. The fraction of sp³-hybridized carbons (Fsp3) is 0.118. The second kappa shape index (κ2) is 5.79. The van der Waals surface area contributed by atoms with E-state index in [9.17, 15) is 0 Å². The highest BCUT2D eigenvalue weighted by Crippen LogP contribution is 2.20. The summed E-state index contributed by atoms with van der Waals surface area (Å²) in [7, 11) is 0. The van der Waals surface area contributed by atoms with Gasteiger partial charge in [0.05, 0.1) is 12.7 Å². The van der Waals surface area contributed by atoms with Crippen molar-refractivity contribution in [3.63, 3.8) is 0 Å². The molecule has 0 saturated carbocycles. The van der Waals surface area contributed by atoms with E-state index in [4.69, 9.17) is 0 Å². The summed E-state index contributed by atoms with van der Waals surface area (Å²) in [4.78, 5) is 0. The molecule has 3 aromatic rings. The summed E-state index contributed by atoms with van der Waals surface area (Å²) in [5.74, 6) is 0. The van der Waals surface area contributed by atoms with Crippen molar-refractivity contribution in [2.24, 2.45) is 0 Å². The van der Waals surface area contributed by atoms with E-state index in [2.05, 4.69) is 89.3 Å². The van der Waals surface area contributed by atoms with Gasteiger partial charge in [-0.05, 0) is 52.8 Å². The Balaban J connectivity index is 1.82. The van der Waals surface area contributed by atoms with Crippen molar-refractivity contribution in [1.82, 2.24) is 9.78 Å². The first-order chi connectivity index (χ1) is 9.70. The molecule has 1 aromatic heterocycles. The fourth-order valence-electron chi connectivity index (χ4n) is 2.24. The predicted molar refractivity (Wildman–Crippen MR) is 90.7 cm³/mol. The average Bonchev–Trinajstić information content (AvgIpc) is 2.88. The molecule has 0 unspecified atom stereocenters. The Labute approximate surface area is 132 Å². The first kappa shape index (κ1) is 13.4. The highest BCUT2D eigenvalue weighted by molar-refractivity contribution is 14.1. The summed E-state index contributed by atoms with van der Waals surface area (Å²) >= 11 is 2.32. The van der Waals surface area contributed by atoms with E-state index in [1.165, 1.54) is 20.3 Å². The van der Waals surface area contributed by atoms with E-state index in [0.717, 1.165) is 12.1 Å². The number of aryl methyl sites for hydroxylation is 1. The van der Waals surface area contributed by atoms with E-state index in [-0.39, 0.29) is 0 Å². The normalized spacial score (nSPS) is 10.7. The molecular formula is C17H15IN2. The third-order valence-corrected chi connectivity index (χ3v) is 3.96. The van der Waals surface area contributed by atoms with Crippen molar-refractivity contribution >= 4 is 22.6 Å². The maximum Gasteiger partial charge on any atom is 0.0659 e. The van der Waals surface area contributed by atoms with Crippen molar-refractivity contribution in [3.8, 4) is 11.1 Å². The summed E-state index contributed by atoms with van der Waals surface area (Å²) in [6, 6.07) is 17.1. The minimum absolute atomic E-state index is 0.812. The Kier molecular flexibility index (Phi) is 3.87. The van der Waals surface area contributed by atoms with Gasteiger partial charge in [0.25, 0.3) is 0 Å². The van der Waals surface area contributed by atoms with Crippen LogP contribution in [0, 0.1) is 10.5 Å². The van der Waals surface area contributed by atoms with Gasteiger partial charge < -0.3 is 0 Å². The van der Waals surface area contributed by atoms with E-state index >= 15 is 0 Å². The van der Waals surface area contributed by atoms with E-state index < -0.39 is 0 Å². The topological polar surface area (TPSA) is 17.8 Å². The first-order valence-corrected chi connectivity index (χ1v) is 7.62. The molecule has 100 valence electrons. The quantitative estimate of drug-likeness (QED) is 0.617. The van der Waals surface area contributed by atoms with Crippen molar-refractivity contribution in [2.75, 3.05) is 0 Å². The van der Waals surface area contributed by atoms with Gasteiger partial charge in [-0.15, -0.1) is 0 Å². The lowest BCUT2D eigenvalue weighted by atomic mass is 10.1. The van der Waals surface area contributed by atoms with Crippen LogP contribution in [-0.4, -0.2) is 9.78 Å². The van der Waals surface area contributed by atoms with Gasteiger partial charge in [0.1, 0.15) is 0 Å². The van der Waals surface area contributed by atoms with Crippen LogP contribution in [0.15, 0.2) is 60.9 Å². The molecule has 2 nitrogen and oxygen atoms in total. The van der Waals surface area contributed by atoms with Crippen LogP contribution in [0.4, 0.5) is 0 Å². The van der Waals surface area contributed by atoms with Crippen LogP contribution in [0.3, 0.4) is 0 Å². The number of rotatable bonds is 3. The Morgan fingerprint density at radius 2 is 1.85 bits per heavy atom. The van der Waals surface area contributed by atoms with Gasteiger partial charge in [0.15, 0.2) is 0 Å². The molecule has 0 aliphatic heterocycles. The second-order valence-electron chi connectivity index (χ2n) is 4.92. The van der Waals surface area contributed by atoms with E-state index in [1.54, 1.807) is 0 Å². The van der Waals surface area contributed by atoms with Gasteiger partial charge >= 0.3 is 0 Å². The molecule has 3 heteroatoms. The van der Waals surface area contributed by atoms with Crippen LogP contribution in [0.2, 0.25) is 0 Å². The number of aromatic nitrogens is 2. The van der Waals surface area contributed by atoms with Crippen LogP contribution in [-0.2, 0) is 6.54 Å². The summed E-state index contributed by atoms with van der Waals surface area (Å²) in [6.45, 7) is 2.93. The number of hydrogen-bond acceptors (Lipinski definition) is 1. The number of benzene rings is 2. The summed E-state index contributed by atoms with van der Waals surface area (Å²) in [5, 5.41) is 4.45. The van der Waals surface area contributed by atoms with Gasteiger partial charge in [0, 0.05) is 15.3 Å². The van der Waals surface area contributed by atoms with Crippen molar-refractivity contribution < 1.29 is 0 Å². The maximum atomic E-state index is 4.45. The lowest BCUT2D eigenvalue weighted by Gasteiger charge is -2.03. The Hall–Kier alpha value is -1.62. The van der Waals surface area contributed by atoms with Gasteiger partial charge in [-0.2, -0.15) is 5.10 Å². The van der Waals surface area contributed by atoms with Crippen LogP contribution < -0.4 is 0 Å².